The smallest absolute Gasteiger partial charge is 0.235 e. The van der Waals surface area contributed by atoms with Gasteiger partial charge in [-0.05, 0) is 41.0 Å². The molecule has 3 heterocycles. The Morgan fingerprint density at radius 1 is 0.600 bits per heavy atom. The highest BCUT2D eigenvalue weighted by molar-refractivity contribution is 6.17. The Morgan fingerprint density at radius 2 is 1.33 bits per heavy atom. The molecule has 4 heteroatoms. The zero-order chi connectivity index (χ0) is 29.9. The SMILES string of the molecule is CC1(C)c2ccc3c(oc4ccccc43)c2-c2ccc3c(c21)c1ccccc1n3-c1nc(-c2ccccc2)c2ccccc2n1. The van der Waals surface area contributed by atoms with Gasteiger partial charge in [0.15, 0.2) is 0 Å². The van der Waals surface area contributed by atoms with Crippen LogP contribution in [0.3, 0.4) is 0 Å². The molecule has 0 aliphatic heterocycles. The van der Waals surface area contributed by atoms with Crippen LogP contribution >= 0.6 is 0 Å². The molecule has 212 valence electrons. The molecule has 45 heavy (non-hydrogen) atoms. The number of aromatic nitrogens is 3. The first-order valence-electron chi connectivity index (χ1n) is 15.4. The predicted molar refractivity (Wildman–Crippen MR) is 184 cm³/mol. The van der Waals surface area contributed by atoms with Crippen LogP contribution in [0, 0.1) is 0 Å². The van der Waals surface area contributed by atoms with Crippen LogP contribution in [0.2, 0.25) is 0 Å². The van der Waals surface area contributed by atoms with Crippen molar-refractivity contribution in [1.82, 2.24) is 14.5 Å². The molecule has 10 rings (SSSR count). The first-order valence-corrected chi connectivity index (χ1v) is 15.4. The number of rotatable bonds is 2. The second kappa shape index (κ2) is 8.67. The molecular weight excluding hydrogens is 550 g/mol. The number of hydrogen-bond donors (Lipinski definition) is 0. The summed E-state index contributed by atoms with van der Waals surface area (Å²) in [5.41, 5.74) is 11.8. The lowest BCUT2D eigenvalue weighted by atomic mass is 9.80. The van der Waals surface area contributed by atoms with E-state index >= 15 is 0 Å². The second-order valence-electron chi connectivity index (χ2n) is 12.6. The van der Waals surface area contributed by atoms with Crippen molar-refractivity contribution < 1.29 is 4.42 Å². The molecule has 0 bridgehead atoms. The van der Waals surface area contributed by atoms with Crippen LogP contribution in [0.15, 0.2) is 132 Å². The highest BCUT2D eigenvalue weighted by Crippen LogP contribution is 2.56. The number of hydrogen-bond acceptors (Lipinski definition) is 3. The lowest BCUT2D eigenvalue weighted by Crippen LogP contribution is -2.15. The second-order valence-corrected chi connectivity index (χ2v) is 12.6. The summed E-state index contributed by atoms with van der Waals surface area (Å²) in [7, 11) is 0. The van der Waals surface area contributed by atoms with Gasteiger partial charge >= 0.3 is 0 Å². The van der Waals surface area contributed by atoms with E-state index in [0.29, 0.717) is 5.95 Å². The van der Waals surface area contributed by atoms with Gasteiger partial charge in [-0.25, -0.2) is 9.97 Å². The summed E-state index contributed by atoms with van der Waals surface area (Å²) in [6.07, 6.45) is 0. The van der Waals surface area contributed by atoms with Gasteiger partial charge in [-0.1, -0.05) is 117 Å². The molecule has 0 amide bonds. The van der Waals surface area contributed by atoms with Gasteiger partial charge in [-0.3, -0.25) is 4.57 Å². The lowest BCUT2D eigenvalue weighted by Gasteiger charge is -2.22. The van der Waals surface area contributed by atoms with Crippen LogP contribution in [0.1, 0.15) is 25.0 Å². The van der Waals surface area contributed by atoms with Crippen molar-refractivity contribution >= 4 is 54.6 Å². The maximum atomic E-state index is 6.59. The largest absolute Gasteiger partial charge is 0.455 e. The normalized spacial score (nSPS) is 13.7. The zero-order valence-corrected chi connectivity index (χ0v) is 24.9. The minimum Gasteiger partial charge on any atom is -0.455 e. The first kappa shape index (κ1) is 24.7. The number of nitrogens with zero attached hydrogens (tertiary/aromatic N) is 3. The van der Waals surface area contributed by atoms with Crippen molar-refractivity contribution in [2.75, 3.05) is 0 Å². The summed E-state index contributed by atoms with van der Waals surface area (Å²) in [5.74, 6) is 0.673. The Labute approximate surface area is 259 Å². The van der Waals surface area contributed by atoms with E-state index in [2.05, 4.69) is 128 Å². The third-order valence-corrected chi connectivity index (χ3v) is 9.79. The summed E-state index contributed by atoms with van der Waals surface area (Å²) in [6.45, 7) is 4.69. The molecule has 3 aromatic heterocycles. The molecule has 0 radical (unpaired) electrons. The Balaban J connectivity index is 1.32. The Hall–Kier alpha value is -5.74. The van der Waals surface area contributed by atoms with Crippen molar-refractivity contribution in [3.05, 3.63) is 139 Å². The molecule has 0 fully saturated rings. The van der Waals surface area contributed by atoms with E-state index in [1.807, 2.05) is 18.2 Å². The third kappa shape index (κ3) is 3.21. The van der Waals surface area contributed by atoms with Gasteiger partial charge in [0.2, 0.25) is 5.95 Å². The van der Waals surface area contributed by atoms with Crippen molar-refractivity contribution in [2.24, 2.45) is 0 Å². The predicted octanol–water partition coefficient (Wildman–Crippen LogP) is 10.6. The topological polar surface area (TPSA) is 43.9 Å². The van der Waals surface area contributed by atoms with Gasteiger partial charge in [0.05, 0.1) is 22.2 Å². The Morgan fingerprint density at radius 3 is 2.20 bits per heavy atom. The van der Waals surface area contributed by atoms with E-state index in [9.17, 15) is 0 Å². The quantitative estimate of drug-likeness (QED) is 0.205. The van der Waals surface area contributed by atoms with Gasteiger partial charge in [-0.2, -0.15) is 0 Å². The van der Waals surface area contributed by atoms with E-state index in [4.69, 9.17) is 14.4 Å². The average Bonchev–Trinajstić information content (AvgIpc) is 3.70. The van der Waals surface area contributed by atoms with Gasteiger partial charge in [-0.15, -0.1) is 0 Å². The molecular formula is C41H27N3O. The Bertz CT molecular complexity index is 2680. The van der Waals surface area contributed by atoms with E-state index in [1.165, 1.54) is 33.0 Å². The van der Waals surface area contributed by atoms with Crippen LogP contribution < -0.4 is 0 Å². The van der Waals surface area contributed by atoms with Gasteiger partial charge in [0.25, 0.3) is 0 Å². The minimum atomic E-state index is -0.244. The summed E-state index contributed by atoms with van der Waals surface area (Å²) in [5, 5.41) is 5.80. The average molecular weight is 578 g/mol. The van der Waals surface area contributed by atoms with E-state index < -0.39 is 0 Å². The molecule has 0 N–H and O–H groups in total. The fourth-order valence-electron chi connectivity index (χ4n) is 7.83. The van der Waals surface area contributed by atoms with Gasteiger partial charge < -0.3 is 4.42 Å². The fourth-order valence-corrected chi connectivity index (χ4v) is 7.83. The number of fused-ring (bicyclic) bond motifs is 12. The van der Waals surface area contributed by atoms with Crippen molar-refractivity contribution in [3.63, 3.8) is 0 Å². The molecule has 1 aliphatic carbocycles. The molecule has 0 saturated heterocycles. The minimum absolute atomic E-state index is 0.244. The van der Waals surface area contributed by atoms with Gasteiger partial charge in [0.1, 0.15) is 11.2 Å². The van der Waals surface area contributed by atoms with E-state index in [1.54, 1.807) is 0 Å². The van der Waals surface area contributed by atoms with Crippen LogP contribution in [0.25, 0.3) is 83.0 Å². The van der Waals surface area contributed by atoms with Crippen molar-refractivity contribution in [3.8, 4) is 28.3 Å². The summed E-state index contributed by atoms with van der Waals surface area (Å²) < 4.78 is 8.84. The first-order chi connectivity index (χ1) is 22.1. The maximum Gasteiger partial charge on any atom is 0.235 e. The van der Waals surface area contributed by atoms with Crippen molar-refractivity contribution in [1.29, 1.82) is 0 Å². The molecule has 0 spiro atoms. The lowest BCUT2D eigenvalue weighted by molar-refractivity contribution is 0.657. The molecule has 0 atom stereocenters. The van der Waals surface area contributed by atoms with Crippen LogP contribution in [-0.2, 0) is 5.41 Å². The number of para-hydroxylation sites is 3. The summed E-state index contributed by atoms with van der Waals surface area (Å²) in [6, 6.07) is 44.8. The molecule has 0 saturated carbocycles. The highest BCUT2D eigenvalue weighted by atomic mass is 16.3. The van der Waals surface area contributed by atoms with Crippen LogP contribution in [-0.4, -0.2) is 14.5 Å². The van der Waals surface area contributed by atoms with E-state index in [0.717, 1.165) is 55.1 Å². The standard InChI is InChI=1S/C41H27N3O/c1-41(2)30-22-20-26-25-14-8-11-19-34(25)45-39(26)35(30)29-21-23-33-36(37(29)41)28-16-7-10-18-32(28)44(33)40-42-31-17-9-6-15-27(31)38(43-40)24-12-4-3-5-13-24/h3-23H,1-2H3. The van der Waals surface area contributed by atoms with E-state index in [-0.39, 0.29) is 5.41 Å². The van der Waals surface area contributed by atoms with Gasteiger partial charge in [0, 0.05) is 43.5 Å². The maximum absolute atomic E-state index is 6.59. The van der Waals surface area contributed by atoms with Crippen LogP contribution in [0.5, 0.6) is 0 Å². The molecule has 0 unspecified atom stereocenters. The molecule has 6 aromatic carbocycles. The molecule has 1 aliphatic rings. The van der Waals surface area contributed by atoms with Crippen molar-refractivity contribution in [2.45, 2.75) is 19.3 Å². The van der Waals surface area contributed by atoms with Crippen LogP contribution in [0.4, 0.5) is 0 Å². The zero-order valence-electron chi connectivity index (χ0n) is 24.9. The molecule has 4 nitrogen and oxygen atoms in total. The highest BCUT2D eigenvalue weighted by Gasteiger charge is 2.40. The Kier molecular flexibility index (Phi) is 4.76. The summed E-state index contributed by atoms with van der Waals surface area (Å²) in [4.78, 5) is 10.5. The number of furan rings is 1. The monoisotopic (exact) mass is 577 g/mol. The summed E-state index contributed by atoms with van der Waals surface area (Å²) >= 11 is 0. The fraction of sp³-hybridized carbons (Fsp3) is 0.0732. The molecule has 9 aromatic rings. The number of benzene rings is 6. The third-order valence-electron chi connectivity index (χ3n) is 9.79.